The first-order valence-electron chi connectivity index (χ1n) is 16.5. The number of pyridine rings is 1. The summed E-state index contributed by atoms with van der Waals surface area (Å²) in [6, 6.07) is 58.1. The van der Waals surface area contributed by atoms with Crippen molar-refractivity contribution in [3.05, 3.63) is 170 Å². The quantitative estimate of drug-likeness (QED) is 0.183. The number of fused-ring (bicyclic) bond motifs is 5. The van der Waals surface area contributed by atoms with E-state index in [1.807, 2.05) is 24.4 Å². The average Bonchev–Trinajstić information content (AvgIpc) is 3.60. The van der Waals surface area contributed by atoms with Crippen molar-refractivity contribution in [1.29, 1.82) is 0 Å². The summed E-state index contributed by atoms with van der Waals surface area (Å²) in [6.07, 6.45) is 1.93. The molecule has 0 aliphatic rings. The van der Waals surface area contributed by atoms with Crippen LogP contribution in [0.3, 0.4) is 0 Å². The Morgan fingerprint density at radius 2 is 0.878 bits per heavy atom. The molecule has 2 heterocycles. The molecule has 2 aromatic heterocycles. The van der Waals surface area contributed by atoms with E-state index in [0.29, 0.717) is 0 Å². The van der Waals surface area contributed by atoms with Crippen LogP contribution in [0.2, 0.25) is 0 Å². The summed E-state index contributed by atoms with van der Waals surface area (Å²) in [5, 5.41) is 18.3. The van der Waals surface area contributed by atoms with E-state index >= 15 is 0 Å². The van der Waals surface area contributed by atoms with Crippen LogP contribution >= 0.6 is 0 Å². The fourth-order valence-electron chi connectivity index (χ4n) is 7.30. The van der Waals surface area contributed by atoms with Gasteiger partial charge in [-0.25, -0.2) is 0 Å². The normalized spacial score (nSPS) is 11.7. The molecule has 0 N–H and O–H groups in total. The van der Waals surface area contributed by atoms with E-state index in [-0.39, 0.29) is 0 Å². The number of hydrogen-bond donors (Lipinski definition) is 0. The zero-order chi connectivity index (χ0) is 32.3. The van der Waals surface area contributed by atoms with Crippen LogP contribution < -0.4 is 0 Å². The van der Waals surface area contributed by atoms with Gasteiger partial charge in [0.15, 0.2) is 0 Å². The van der Waals surface area contributed by atoms with Crippen LogP contribution in [-0.4, -0.2) is 20.0 Å². The highest BCUT2D eigenvalue weighted by Crippen LogP contribution is 2.44. The van der Waals surface area contributed by atoms with Crippen molar-refractivity contribution < 1.29 is 0 Å². The minimum atomic E-state index is 0.854. The van der Waals surface area contributed by atoms with Gasteiger partial charge in [0.25, 0.3) is 0 Å². The molecule has 0 unspecified atom stereocenters. The molecular formula is C45H28N4. The molecule has 0 aliphatic carbocycles. The van der Waals surface area contributed by atoms with Crippen LogP contribution in [0, 0.1) is 0 Å². The van der Waals surface area contributed by atoms with Crippen LogP contribution in [0.5, 0.6) is 0 Å². The summed E-state index contributed by atoms with van der Waals surface area (Å²) in [4.78, 5) is 6.37. The van der Waals surface area contributed by atoms with Gasteiger partial charge in [-0.15, -0.1) is 10.2 Å². The topological polar surface area (TPSA) is 43.6 Å². The molecule has 0 amide bonds. The highest BCUT2D eigenvalue weighted by Gasteiger charge is 2.18. The number of nitrogens with zero attached hydrogens (tertiary/aromatic N) is 4. The molecule has 4 nitrogen and oxygen atoms in total. The van der Waals surface area contributed by atoms with Crippen LogP contribution in [-0.2, 0) is 0 Å². The maximum absolute atomic E-state index is 4.96. The molecule has 10 rings (SSSR count). The van der Waals surface area contributed by atoms with E-state index < -0.39 is 0 Å². The Morgan fingerprint density at radius 1 is 0.347 bits per heavy atom. The molecule has 0 spiro atoms. The summed E-state index contributed by atoms with van der Waals surface area (Å²) in [5.41, 5.74) is 10.6. The maximum atomic E-state index is 4.96. The molecule has 8 aromatic carbocycles. The lowest BCUT2D eigenvalue weighted by molar-refractivity contribution is 0.766. The van der Waals surface area contributed by atoms with Gasteiger partial charge in [-0.2, -0.15) is 4.80 Å². The molecule has 4 heteroatoms. The SMILES string of the molecule is c1ccc2cc(-c3c4ccccc4c(-c4ccc5nn(-c6ccc(-c7cnc8ccccc8c7)cc6)nc5c4)c4ccccc34)ccc2c1. The fourth-order valence-corrected chi connectivity index (χ4v) is 7.30. The second kappa shape index (κ2) is 11.0. The van der Waals surface area contributed by atoms with Crippen molar-refractivity contribution >= 4 is 54.3 Å². The Hall–Kier alpha value is -6.65. The summed E-state index contributed by atoms with van der Waals surface area (Å²) < 4.78 is 0. The second-order valence-corrected chi connectivity index (χ2v) is 12.6. The molecule has 0 atom stereocenters. The maximum Gasteiger partial charge on any atom is 0.114 e. The number of aromatic nitrogens is 4. The smallest absolute Gasteiger partial charge is 0.114 e. The highest BCUT2D eigenvalue weighted by atomic mass is 15.5. The number of rotatable bonds is 4. The van der Waals surface area contributed by atoms with Crippen molar-refractivity contribution in [2.45, 2.75) is 0 Å². The van der Waals surface area contributed by atoms with Gasteiger partial charge in [-0.05, 0) is 103 Å². The van der Waals surface area contributed by atoms with Crippen molar-refractivity contribution in [1.82, 2.24) is 20.0 Å². The van der Waals surface area contributed by atoms with Crippen molar-refractivity contribution in [3.8, 4) is 39.1 Å². The first kappa shape index (κ1) is 27.5. The standard InChI is InChI=1S/C45H28N4/c1-2-10-31-25-33(18-17-29(31)9-1)44-37-12-4-6-14-39(37)45(40-15-7-5-13-38(40)44)34-21-24-42-43(27-34)48-49(47-42)36-22-19-30(20-23-36)35-26-32-11-3-8-16-41(32)46-28-35/h1-28H. The van der Waals surface area contributed by atoms with E-state index in [1.54, 1.807) is 4.80 Å². The third-order valence-corrected chi connectivity index (χ3v) is 9.66. The predicted octanol–water partition coefficient (Wildman–Crippen LogP) is 11.4. The summed E-state index contributed by atoms with van der Waals surface area (Å²) >= 11 is 0. The van der Waals surface area contributed by atoms with Gasteiger partial charge in [0.05, 0.1) is 11.2 Å². The van der Waals surface area contributed by atoms with Gasteiger partial charge in [0, 0.05) is 17.1 Å². The van der Waals surface area contributed by atoms with Crippen molar-refractivity contribution in [2.24, 2.45) is 0 Å². The van der Waals surface area contributed by atoms with Crippen LogP contribution in [0.1, 0.15) is 0 Å². The monoisotopic (exact) mass is 624 g/mol. The first-order chi connectivity index (χ1) is 24.3. The average molecular weight is 625 g/mol. The lowest BCUT2D eigenvalue weighted by Crippen LogP contribution is -1.98. The van der Waals surface area contributed by atoms with E-state index in [2.05, 4.69) is 151 Å². The Kier molecular flexibility index (Phi) is 6.15. The molecule has 0 saturated carbocycles. The van der Waals surface area contributed by atoms with Gasteiger partial charge in [0.2, 0.25) is 0 Å². The van der Waals surface area contributed by atoms with Gasteiger partial charge in [-0.3, -0.25) is 4.98 Å². The minimum Gasteiger partial charge on any atom is -0.256 e. The van der Waals surface area contributed by atoms with E-state index in [4.69, 9.17) is 10.2 Å². The predicted molar refractivity (Wildman–Crippen MR) is 203 cm³/mol. The lowest BCUT2D eigenvalue weighted by Gasteiger charge is -2.18. The van der Waals surface area contributed by atoms with E-state index in [9.17, 15) is 0 Å². The Labute approximate surface area is 282 Å². The number of hydrogen-bond acceptors (Lipinski definition) is 3. The van der Waals surface area contributed by atoms with Gasteiger partial charge >= 0.3 is 0 Å². The molecule has 0 fully saturated rings. The van der Waals surface area contributed by atoms with E-state index in [0.717, 1.165) is 44.3 Å². The Morgan fingerprint density at radius 3 is 1.59 bits per heavy atom. The number of para-hydroxylation sites is 1. The van der Waals surface area contributed by atoms with Gasteiger partial charge in [0.1, 0.15) is 11.0 Å². The van der Waals surface area contributed by atoms with E-state index in [1.165, 1.54) is 49.0 Å². The molecule has 0 saturated heterocycles. The zero-order valence-corrected chi connectivity index (χ0v) is 26.5. The Bertz CT molecular complexity index is 2830. The molecule has 10 aromatic rings. The Balaban J connectivity index is 1.08. The molecule has 0 bridgehead atoms. The van der Waals surface area contributed by atoms with Crippen molar-refractivity contribution in [2.75, 3.05) is 0 Å². The largest absolute Gasteiger partial charge is 0.256 e. The second-order valence-electron chi connectivity index (χ2n) is 12.6. The minimum absolute atomic E-state index is 0.854. The lowest BCUT2D eigenvalue weighted by atomic mass is 9.85. The molecule has 0 aliphatic heterocycles. The fraction of sp³-hybridized carbons (Fsp3) is 0. The summed E-state index contributed by atoms with van der Waals surface area (Å²) in [5.74, 6) is 0. The van der Waals surface area contributed by atoms with Gasteiger partial charge < -0.3 is 0 Å². The third kappa shape index (κ3) is 4.57. The number of benzene rings is 8. The molecule has 0 radical (unpaired) electrons. The molecular weight excluding hydrogens is 597 g/mol. The first-order valence-corrected chi connectivity index (χ1v) is 16.5. The van der Waals surface area contributed by atoms with Crippen molar-refractivity contribution in [3.63, 3.8) is 0 Å². The van der Waals surface area contributed by atoms with Crippen LogP contribution in [0.25, 0.3) is 93.3 Å². The summed E-state index contributed by atoms with van der Waals surface area (Å²) in [6.45, 7) is 0. The summed E-state index contributed by atoms with van der Waals surface area (Å²) in [7, 11) is 0. The molecule has 228 valence electrons. The van der Waals surface area contributed by atoms with Crippen LogP contribution in [0.4, 0.5) is 0 Å². The van der Waals surface area contributed by atoms with Crippen LogP contribution in [0.15, 0.2) is 170 Å². The third-order valence-electron chi connectivity index (χ3n) is 9.66. The highest BCUT2D eigenvalue weighted by molar-refractivity contribution is 6.22. The zero-order valence-electron chi connectivity index (χ0n) is 26.5. The van der Waals surface area contributed by atoms with Gasteiger partial charge in [-0.1, -0.05) is 121 Å². The molecule has 49 heavy (non-hydrogen) atoms.